The molecule has 1 unspecified atom stereocenters. The molecule has 0 saturated heterocycles. The van der Waals surface area contributed by atoms with Crippen LogP contribution >= 0.6 is 0 Å². The Hall–Kier alpha value is -1.84. The summed E-state index contributed by atoms with van der Waals surface area (Å²) in [6.45, 7) is 5.68. The van der Waals surface area contributed by atoms with Gasteiger partial charge in [0, 0.05) is 12.0 Å². The lowest BCUT2D eigenvalue weighted by molar-refractivity contribution is -0.138. The Bertz CT molecular complexity index is 454. The maximum Gasteiger partial charge on any atom is 0.303 e. The minimum absolute atomic E-state index is 0.0471. The second-order valence-corrected chi connectivity index (χ2v) is 5.64. The number of hydrogen-bond donors (Lipinski definition) is 2. The SMILES string of the molecule is CCC(C(=O)NC(C)(C)CCC(=O)O)c1ccccc1. The quantitative estimate of drug-likeness (QED) is 0.805. The first-order valence-electron chi connectivity index (χ1n) is 6.94. The molecule has 1 rings (SSSR count). The first kappa shape index (κ1) is 16.2. The van der Waals surface area contributed by atoms with Gasteiger partial charge in [-0.2, -0.15) is 0 Å². The highest BCUT2D eigenvalue weighted by Gasteiger charge is 2.26. The molecule has 4 nitrogen and oxygen atoms in total. The number of carbonyl (C=O) groups is 2. The van der Waals surface area contributed by atoms with Crippen molar-refractivity contribution in [1.82, 2.24) is 5.32 Å². The molecule has 20 heavy (non-hydrogen) atoms. The van der Waals surface area contributed by atoms with Gasteiger partial charge in [-0.25, -0.2) is 0 Å². The van der Waals surface area contributed by atoms with Gasteiger partial charge in [0.15, 0.2) is 0 Å². The minimum Gasteiger partial charge on any atom is -0.481 e. The normalized spacial score (nSPS) is 12.8. The largest absolute Gasteiger partial charge is 0.481 e. The number of benzene rings is 1. The van der Waals surface area contributed by atoms with E-state index in [-0.39, 0.29) is 18.2 Å². The number of carbonyl (C=O) groups excluding carboxylic acids is 1. The molecule has 1 amide bonds. The van der Waals surface area contributed by atoms with Crippen LogP contribution in [-0.4, -0.2) is 22.5 Å². The Balaban J connectivity index is 2.70. The fourth-order valence-electron chi connectivity index (χ4n) is 2.16. The van der Waals surface area contributed by atoms with Gasteiger partial charge in [0.2, 0.25) is 5.91 Å². The van der Waals surface area contributed by atoms with Gasteiger partial charge in [-0.3, -0.25) is 9.59 Å². The van der Waals surface area contributed by atoms with E-state index in [1.165, 1.54) is 0 Å². The van der Waals surface area contributed by atoms with Crippen molar-refractivity contribution in [3.05, 3.63) is 35.9 Å². The molecule has 0 radical (unpaired) electrons. The van der Waals surface area contributed by atoms with E-state index in [1.54, 1.807) is 0 Å². The van der Waals surface area contributed by atoms with Gasteiger partial charge >= 0.3 is 5.97 Å². The van der Waals surface area contributed by atoms with Crippen molar-refractivity contribution >= 4 is 11.9 Å². The Morgan fingerprint density at radius 2 is 1.85 bits per heavy atom. The third kappa shape index (κ3) is 5.03. The molecule has 0 aliphatic rings. The number of nitrogens with one attached hydrogen (secondary N) is 1. The number of amides is 1. The second-order valence-electron chi connectivity index (χ2n) is 5.64. The lowest BCUT2D eigenvalue weighted by Crippen LogP contribution is -2.45. The molecule has 0 heterocycles. The lowest BCUT2D eigenvalue weighted by Gasteiger charge is -2.28. The van der Waals surface area contributed by atoms with E-state index < -0.39 is 11.5 Å². The van der Waals surface area contributed by atoms with Crippen LogP contribution in [0.3, 0.4) is 0 Å². The zero-order valence-corrected chi connectivity index (χ0v) is 12.3. The average Bonchev–Trinajstić information content (AvgIpc) is 2.38. The van der Waals surface area contributed by atoms with Gasteiger partial charge in [-0.15, -0.1) is 0 Å². The Morgan fingerprint density at radius 1 is 1.25 bits per heavy atom. The van der Waals surface area contributed by atoms with Crippen LogP contribution in [0.25, 0.3) is 0 Å². The molecule has 1 atom stereocenters. The standard InChI is InChI=1S/C16H23NO3/c1-4-13(12-8-6-5-7-9-12)15(20)17-16(2,3)11-10-14(18)19/h5-9,13H,4,10-11H2,1-3H3,(H,17,20)(H,18,19). The van der Waals surface area contributed by atoms with E-state index in [2.05, 4.69) is 5.32 Å². The first-order chi connectivity index (χ1) is 9.35. The highest BCUT2D eigenvalue weighted by Crippen LogP contribution is 2.21. The number of hydrogen-bond acceptors (Lipinski definition) is 2. The zero-order chi connectivity index (χ0) is 15.2. The van der Waals surface area contributed by atoms with Crippen molar-refractivity contribution in [3.8, 4) is 0 Å². The molecular weight excluding hydrogens is 254 g/mol. The summed E-state index contributed by atoms with van der Waals surface area (Å²) < 4.78 is 0. The van der Waals surface area contributed by atoms with E-state index in [0.717, 1.165) is 5.56 Å². The molecule has 0 fully saturated rings. The third-order valence-corrected chi connectivity index (χ3v) is 3.35. The van der Waals surface area contributed by atoms with E-state index >= 15 is 0 Å². The molecule has 0 aliphatic carbocycles. The predicted molar refractivity (Wildman–Crippen MR) is 78.6 cm³/mol. The molecule has 2 N–H and O–H groups in total. The number of aliphatic carboxylic acids is 1. The van der Waals surface area contributed by atoms with Crippen molar-refractivity contribution in [2.75, 3.05) is 0 Å². The molecule has 0 aromatic heterocycles. The van der Waals surface area contributed by atoms with Gasteiger partial charge in [0.1, 0.15) is 0 Å². The van der Waals surface area contributed by atoms with Crippen LogP contribution in [0, 0.1) is 0 Å². The number of carboxylic acids is 1. The molecule has 110 valence electrons. The highest BCUT2D eigenvalue weighted by molar-refractivity contribution is 5.84. The van der Waals surface area contributed by atoms with Crippen LogP contribution in [0.1, 0.15) is 51.5 Å². The summed E-state index contributed by atoms with van der Waals surface area (Å²) >= 11 is 0. The van der Waals surface area contributed by atoms with Crippen molar-refractivity contribution < 1.29 is 14.7 Å². The molecule has 1 aromatic carbocycles. The molecule has 1 aromatic rings. The number of rotatable bonds is 7. The maximum absolute atomic E-state index is 12.4. The van der Waals surface area contributed by atoms with Crippen LogP contribution in [0.2, 0.25) is 0 Å². The topological polar surface area (TPSA) is 66.4 Å². The summed E-state index contributed by atoms with van der Waals surface area (Å²) in [6, 6.07) is 9.64. The van der Waals surface area contributed by atoms with Gasteiger partial charge in [-0.05, 0) is 32.3 Å². The average molecular weight is 277 g/mol. The fraction of sp³-hybridized carbons (Fsp3) is 0.500. The summed E-state index contributed by atoms with van der Waals surface area (Å²) in [6.07, 6.45) is 1.18. The number of carboxylic acid groups (broad SMARTS) is 1. The summed E-state index contributed by atoms with van der Waals surface area (Å²) in [5, 5.41) is 11.7. The Kier molecular flexibility index (Phi) is 5.74. The summed E-state index contributed by atoms with van der Waals surface area (Å²) in [4.78, 5) is 23.0. The summed E-state index contributed by atoms with van der Waals surface area (Å²) in [5.41, 5.74) is 0.471. The van der Waals surface area contributed by atoms with Crippen molar-refractivity contribution in [2.45, 2.75) is 51.5 Å². The van der Waals surface area contributed by atoms with Crippen LogP contribution in [0.5, 0.6) is 0 Å². The van der Waals surface area contributed by atoms with E-state index in [1.807, 2.05) is 51.1 Å². The second kappa shape index (κ2) is 7.08. The Labute approximate surface area is 120 Å². The van der Waals surface area contributed by atoms with Gasteiger partial charge < -0.3 is 10.4 Å². The molecule has 4 heteroatoms. The molecule has 0 spiro atoms. The van der Waals surface area contributed by atoms with Crippen LogP contribution in [0.15, 0.2) is 30.3 Å². The first-order valence-corrected chi connectivity index (χ1v) is 6.94. The Morgan fingerprint density at radius 3 is 2.35 bits per heavy atom. The van der Waals surface area contributed by atoms with E-state index in [4.69, 9.17) is 5.11 Å². The highest BCUT2D eigenvalue weighted by atomic mass is 16.4. The molecule has 0 aliphatic heterocycles. The molecule has 0 saturated carbocycles. The van der Waals surface area contributed by atoms with Crippen LogP contribution < -0.4 is 5.32 Å². The maximum atomic E-state index is 12.4. The smallest absolute Gasteiger partial charge is 0.303 e. The van der Waals surface area contributed by atoms with Gasteiger partial charge in [0.25, 0.3) is 0 Å². The van der Waals surface area contributed by atoms with E-state index in [9.17, 15) is 9.59 Å². The third-order valence-electron chi connectivity index (χ3n) is 3.35. The van der Waals surface area contributed by atoms with Gasteiger partial charge in [-0.1, -0.05) is 37.3 Å². The zero-order valence-electron chi connectivity index (χ0n) is 12.3. The lowest BCUT2D eigenvalue weighted by atomic mass is 9.92. The fourth-order valence-corrected chi connectivity index (χ4v) is 2.16. The molecule has 0 bridgehead atoms. The predicted octanol–water partition coefficient (Wildman–Crippen LogP) is 2.94. The van der Waals surface area contributed by atoms with Gasteiger partial charge in [0.05, 0.1) is 5.92 Å². The summed E-state index contributed by atoms with van der Waals surface area (Å²) in [5.74, 6) is -1.09. The van der Waals surface area contributed by atoms with Crippen molar-refractivity contribution in [2.24, 2.45) is 0 Å². The monoisotopic (exact) mass is 277 g/mol. The minimum atomic E-state index is -0.845. The van der Waals surface area contributed by atoms with Crippen molar-refractivity contribution in [1.29, 1.82) is 0 Å². The molecular formula is C16H23NO3. The van der Waals surface area contributed by atoms with E-state index in [0.29, 0.717) is 12.8 Å². The van der Waals surface area contributed by atoms with Crippen LogP contribution in [-0.2, 0) is 9.59 Å². The van der Waals surface area contributed by atoms with Crippen LogP contribution in [0.4, 0.5) is 0 Å². The van der Waals surface area contributed by atoms with Crippen molar-refractivity contribution in [3.63, 3.8) is 0 Å². The summed E-state index contributed by atoms with van der Waals surface area (Å²) in [7, 11) is 0.